The van der Waals surface area contributed by atoms with Gasteiger partial charge in [-0.25, -0.2) is 0 Å². The molecule has 0 aromatic carbocycles. The van der Waals surface area contributed by atoms with Gasteiger partial charge in [0.2, 0.25) is 5.13 Å². The number of alkyl halides is 1. The summed E-state index contributed by atoms with van der Waals surface area (Å²) in [5.74, 6) is 1.10. The summed E-state index contributed by atoms with van der Waals surface area (Å²) >= 11 is 7.13. The van der Waals surface area contributed by atoms with Crippen LogP contribution >= 0.6 is 39.0 Å². The molecule has 17 heavy (non-hydrogen) atoms. The van der Waals surface area contributed by atoms with Crippen molar-refractivity contribution >= 4 is 44.2 Å². The van der Waals surface area contributed by atoms with E-state index < -0.39 is 0 Å². The van der Waals surface area contributed by atoms with Crippen molar-refractivity contribution in [3.05, 3.63) is 0 Å². The maximum absolute atomic E-state index is 4.22. The summed E-state index contributed by atoms with van der Waals surface area (Å²) in [6, 6.07) is 0. The maximum atomic E-state index is 4.22. The first kappa shape index (κ1) is 15.2. The average molecular weight is 338 g/mol. The Kier molecular flexibility index (Phi) is 6.23. The molecular weight excluding hydrogens is 318 g/mol. The van der Waals surface area contributed by atoms with E-state index in [-0.39, 0.29) is 0 Å². The van der Waals surface area contributed by atoms with Gasteiger partial charge in [-0.05, 0) is 18.3 Å². The van der Waals surface area contributed by atoms with Gasteiger partial charge in [-0.15, -0.1) is 10.2 Å². The number of thioether (sulfide) groups is 1. The fourth-order valence-corrected chi connectivity index (χ4v) is 4.77. The van der Waals surface area contributed by atoms with Gasteiger partial charge in [-0.2, -0.15) is 0 Å². The lowest BCUT2D eigenvalue weighted by Gasteiger charge is -2.28. The third kappa shape index (κ3) is 4.10. The average Bonchev–Trinajstić information content (AvgIpc) is 2.81. The highest BCUT2D eigenvalue weighted by Crippen LogP contribution is 2.37. The Morgan fingerprint density at radius 3 is 2.35 bits per heavy atom. The first-order valence-electron chi connectivity index (χ1n) is 5.76. The summed E-state index contributed by atoms with van der Waals surface area (Å²) in [6.45, 7) is 4.52. The van der Waals surface area contributed by atoms with Gasteiger partial charge >= 0.3 is 0 Å². The topological polar surface area (TPSA) is 29.0 Å². The molecule has 0 aliphatic carbocycles. The van der Waals surface area contributed by atoms with Gasteiger partial charge in [0.25, 0.3) is 0 Å². The second-order valence-electron chi connectivity index (χ2n) is 4.37. The molecule has 0 amide bonds. The van der Waals surface area contributed by atoms with Crippen molar-refractivity contribution in [1.29, 1.82) is 0 Å². The molecule has 1 rings (SSSR count). The van der Waals surface area contributed by atoms with Crippen LogP contribution < -0.4 is 4.90 Å². The highest BCUT2D eigenvalue weighted by molar-refractivity contribution is 9.09. The van der Waals surface area contributed by atoms with Crippen LogP contribution in [0, 0.1) is 5.41 Å². The standard InChI is InChI=1S/C11H20BrN3S2/c1-5-11(6-2,7-12)8-16-10-14-13-9(17-10)15(3)4/h5-8H2,1-4H3. The summed E-state index contributed by atoms with van der Waals surface area (Å²) in [6.07, 6.45) is 2.39. The van der Waals surface area contributed by atoms with E-state index in [1.807, 2.05) is 30.8 Å². The van der Waals surface area contributed by atoms with Crippen molar-refractivity contribution < 1.29 is 0 Å². The van der Waals surface area contributed by atoms with E-state index >= 15 is 0 Å². The minimum Gasteiger partial charge on any atom is -0.353 e. The Morgan fingerprint density at radius 2 is 1.94 bits per heavy atom. The summed E-state index contributed by atoms with van der Waals surface area (Å²) in [5, 5.41) is 10.4. The Hall–Kier alpha value is 0.190. The zero-order chi connectivity index (χ0) is 12.9. The molecule has 1 aromatic heterocycles. The Balaban J connectivity index is 2.59. The second-order valence-corrected chi connectivity index (χ2v) is 7.11. The van der Waals surface area contributed by atoms with E-state index in [4.69, 9.17) is 0 Å². The van der Waals surface area contributed by atoms with E-state index in [2.05, 4.69) is 40.0 Å². The van der Waals surface area contributed by atoms with Crippen LogP contribution in [0.4, 0.5) is 5.13 Å². The highest BCUT2D eigenvalue weighted by Gasteiger charge is 2.25. The molecule has 0 fully saturated rings. The van der Waals surface area contributed by atoms with Crippen LogP contribution in [0.15, 0.2) is 4.34 Å². The fraction of sp³-hybridized carbons (Fsp3) is 0.818. The molecule has 3 nitrogen and oxygen atoms in total. The molecule has 1 aromatic rings. The van der Waals surface area contributed by atoms with Crippen molar-refractivity contribution in [3.8, 4) is 0 Å². The molecule has 1 heterocycles. The Morgan fingerprint density at radius 1 is 1.29 bits per heavy atom. The normalized spacial score (nSPS) is 11.8. The smallest absolute Gasteiger partial charge is 0.208 e. The van der Waals surface area contributed by atoms with Gasteiger partial charge in [-0.1, -0.05) is 52.9 Å². The maximum Gasteiger partial charge on any atom is 0.208 e. The first-order chi connectivity index (χ1) is 8.06. The molecule has 0 aliphatic rings. The lowest BCUT2D eigenvalue weighted by Crippen LogP contribution is -2.23. The van der Waals surface area contributed by atoms with Crippen molar-refractivity contribution in [2.24, 2.45) is 5.41 Å². The SMILES string of the molecule is CCC(CC)(CBr)CSc1nnc(N(C)C)s1. The van der Waals surface area contributed by atoms with E-state index in [9.17, 15) is 0 Å². The van der Waals surface area contributed by atoms with Gasteiger partial charge in [0.1, 0.15) is 0 Å². The molecule has 0 bridgehead atoms. The van der Waals surface area contributed by atoms with Crippen LogP contribution in [0.2, 0.25) is 0 Å². The number of nitrogens with zero attached hydrogens (tertiary/aromatic N) is 3. The molecule has 6 heteroatoms. The fourth-order valence-electron chi connectivity index (χ4n) is 1.34. The van der Waals surface area contributed by atoms with Crippen LogP contribution in [0.3, 0.4) is 0 Å². The summed E-state index contributed by atoms with van der Waals surface area (Å²) in [4.78, 5) is 2.00. The van der Waals surface area contributed by atoms with E-state index in [0.29, 0.717) is 5.41 Å². The number of aromatic nitrogens is 2. The molecule has 0 saturated heterocycles. The van der Waals surface area contributed by atoms with Crippen molar-refractivity contribution in [2.45, 2.75) is 31.0 Å². The first-order valence-corrected chi connectivity index (χ1v) is 8.69. The predicted octanol–water partition coefficient (Wildman–Crippen LogP) is 3.90. The van der Waals surface area contributed by atoms with Crippen LogP contribution in [0.5, 0.6) is 0 Å². The number of halogens is 1. The Bertz CT molecular complexity index is 329. The molecule has 0 spiro atoms. The van der Waals surface area contributed by atoms with Crippen LogP contribution in [-0.2, 0) is 0 Å². The number of hydrogen-bond acceptors (Lipinski definition) is 5. The summed E-state index contributed by atoms with van der Waals surface area (Å²) in [7, 11) is 3.99. The third-order valence-corrected chi connectivity index (χ3v) is 6.83. The number of hydrogen-bond donors (Lipinski definition) is 0. The second kappa shape index (κ2) is 6.95. The molecule has 0 saturated carbocycles. The van der Waals surface area contributed by atoms with Gasteiger partial charge in [0.15, 0.2) is 4.34 Å². The van der Waals surface area contributed by atoms with Crippen LogP contribution in [0.1, 0.15) is 26.7 Å². The van der Waals surface area contributed by atoms with Gasteiger partial charge < -0.3 is 4.90 Å². The predicted molar refractivity (Wildman–Crippen MR) is 81.8 cm³/mol. The molecule has 98 valence electrons. The van der Waals surface area contributed by atoms with Crippen LogP contribution in [-0.4, -0.2) is 35.4 Å². The van der Waals surface area contributed by atoms with Crippen molar-refractivity contribution in [2.75, 3.05) is 30.1 Å². The number of rotatable bonds is 7. The minimum absolute atomic E-state index is 0.384. The van der Waals surface area contributed by atoms with E-state index in [1.165, 1.54) is 12.8 Å². The quantitative estimate of drug-likeness (QED) is 0.557. The lowest BCUT2D eigenvalue weighted by atomic mass is 9.87. The summed E-state index contributed by atoms with van der Waals surface area (Å²) in [5.41, 5.74) is 0.384. The lowest BCUT2D eigenvalue weighted by molar-refractivity contribution is 0.359. The largest absolute Gasteiger partial charge is 0.353 e. The molecule has 0 aliphatic heterocycles. The van der Waals surface area contributed by atoms with Gasteiger partial charge in [0, 0.05) is 25.2 Å². The number of anilines is 1. The Labute approximate surface area is 121 Å². The molecule has 0 radical (unpaired) electrons. The van der Waals surface area contributed by atoms with Crippen LogP contribution in [0.25, 0.3) is 0 Å². The molecule has 0 unspecified atom stereocenters. The highest BCUT2D eigenvalue weighted by atomic mass is 79.9. The molecule has 0 N–H and O–H groups in total. The van der Waals surface area contributed by atoms with E-state index in [0.717, 1.165) is 20.6 Å². The monoisotopic (exact) mass is 337 g/mol. The minimum atomic E-state index is 0.384. The van der Waals surface area contributed by atoms with Gasteiger partial charge in [-0.3, -0.25) is 0 Å². The zero-order valence-corrected chi connectivity index (χ0v) is 14.1. The molecule has 0 atom stereocenters. The van der Waals surface area contributed by atoms with Gasteiger partial charge in [0.05, 0.1) is 0 Å². The summed E-state index contributed by atoms with van der Waals surface area (Å²) < 4.78 is 1.07. The van der Waals surface area contributed by atoms with Crippen molar-refractivity contribution in [3.63, 3.8) is 0 Å². The molecular formula is C11H20BrN3S2. The third-order valence-electron chi connectivity index (χ3n) is 3.06. The zero-order valence-electron chi connectivity index (χ0n) is 10.9. The van der Waals surface area contributed by atoms with E-state index in [1.54, 1.807) is 11.3 Å². The van der Waals surface area contributed by atoms with Crippen molar-refractivity contribution in [1.82, 2.24) is 10.2 Å².